The van der Waals surface area contributed by atoms with Gasteiger partial charge in [0.1, 0.15) is 4.90 Å². The largest absolute Gasteiger partial charge is 0.269 e. The zero-order chi connectivity index (χ0) is 21.7. The lowest BCUT2D eigenvalue weighted by molar-refractivity contribution is 0.0869. The molecule has 0 N–H and O–H groups in total. The third-order valence-electron chi connectivity index (χ3n) is 6.13. The molecule has 1 aromatic rings. The van der Waals surface area contributed by atoms with Crippen molar-refractivity contribution in [1.29, 1.82) is 0 Å². The molecule has 170 valence electrons. The van der Waals surface area contributed by atoms with E-state index in [1.807, 2.05) is 0 Å². The van der Waals surface area contributed by atoms with Gasteiger partial charge < -0.3 is 0 Å². The van der Waals surface area contributed by atoms with Crippen LogP contribution in [0.1, 0.15) is 120 Å². The standard InChI is InChI=1S/C25H41NO3S/c1-2-3-4-5-6-7-8-9-10-11-12-13-14-15-16-19-22-26-25(27)23-20-17-18-21-24(23)30(26,28)29/h17-18,20-21H,2-16,19,22H2,1H3. The van der Waals surface area contributed by atoms with Crippen LogP contribution in [0.5, 0.6) is 0 Å². The van der Waals surface area contributed by atoms with E-state index in [2.05, 4.69) is 6.92 Å². The van der Waals surface area contributed by atoms with Gasteiger partial charge in [-0.1, -0.05) is 115 Å². The molecule has 2 rings (SSSR count). The molecule has 0 fully saturated rings. The predicted molar refractivity (Wildman–Crippen MR) is 124 cm³/mol. The van der Waals surface area contributed by atoms with Gasteiger partial charge in [-0.25, -0.2) is 12.7 Å². The second-order valence-electron chi connectivity index (χ2n) is 8.68. The lowest BCUT2D eigenvalue weighted by Gasteiger charge is -2.14. The number of unbranched alkanes of at least 4 members (excludes halogenated alkanes) is 15. The van der Waals surface area contributed by atoms with E-state index in [-0.39, 0.29) is 10.8 Å². The molecule has 1 heterocycles. The number of sulfonamides is 1. The number of carbonyl (C=O) groups excluding carboxylic acids is 1. The summed E-state index contributed by atoms with van der Waals surface area (Å²) in [5.74, 6) is -0.369. The summed E-state index contributed by atoms with van der Waals surface area (Å²) < 4.78 is 26.0. The number of nitrogens with zero attached hydrogens (tertiary/aromatic N) is 1. The average molecular weight is 436 g/mol. The highest BCUT2D eigenvalue weighted by molar-refractivity contribution is 7.90. The second kappa shape index (κ2) is 13.8. The van der Waals surface area contributed by atoms with Crippen LogP contribution in [-0.4, -0.2) is 25.2 Å². The molecule has 4 nitrogen and oxygen atoms in total. The number of carbonyl (C=O) groups is 1. The number of benzene rings is 1. The first-order valence-corrected chi connectivity index (χ1v) is 13.7. The van der Waals surface area contributed by atoms with Crippen LogP contribution in [0.15, 0.2) is 29.2 Å². The minimum Gasteiger partial charge on any atom is -0.268 e. The molecule has 0 bridgehead atoms. The molecule has 0 saturated heterocycles. The minimum absolute atomic E-state index is 0.159. The summed E-state index contributed by atoms with van der Waals surface area (Å²) in [7, 11) is -3.63. The smallest absolute Gasteiger partial charge is 0.268 e. The van der Waals surface area contributed by atoms with Crippen molar-refractivity contribution in [2.45, 2.75) is 115 Å². The van der Waals surface area contributed by atoms with E-state index < -0.39 is 10.0 Å². The first-order valence-electron chi connectivity index (χ1n) is 12.2. The fraction of sp³-hybridized carbons (Fsp3) is 0.720. The van der Waals surface area contributed by atoms with E-state index in [0.717, 1.165) is 23.6 Å². The topological polar surface area (TPSA) is 54.5 Å². The summed E-state index contributed by atoms with van der Waals surface area (Å²) >= 11 is 0. The average Bonchev–Trinajstić information content (AvgIpc) is 2.94. The maximum absolute atomic E-state index is 12.5. The summed E-state index contributed by atoms with van der Waals surface area (Å²) in [5, 5.41) is 0. The molecule has 0 spiro atoms. The number of rotatable bonds is 17. The number of amides is 1. The van der Waals surface area contributed by atoms with Gasteiger partial charge in [-0.2, -0.15) is 0 Å². The molecule has 1 aliphatic heterocycles. The second-order valence-corrected chi connectivity index (χ2v) is 10.5. The normalized spacial score (nSPS) is 15.0. The van der Waals surface area contributed by atoms with Gasteiger partial charge in [0.2, 0.25) is 0 Å². The van der Waals surface area contributed by atoms with Gasteiger partial charge >= 0.3 is 0 Å². The van der Waals surface area contributed by atoms with Gasteiger partial charge in [0.15, 0.2) is 0 Å². The van der Waals surface area contributed by atoms with Crippen LogP contribution in [0.2, 0.25) is 0 Å². The minimum atomic E-state index is -3.63. The molecule has 0 unspecified atom stereocenters. The molecule has 5 heteroatoms. The highest BCUT2D eigenvalue weighted by Crippen LogP contribution is 2.30. The Morgan fingerprint density at radius 1 is 0.667 bits per heavy atom. The monoisotopic (exact) mass is 435 g/mol. The summed E-state index contributed by atoms with van der Waals surface area (Å²) in [6.45, 7) is 2.57. The Labute approximate surface area is 184 Å². The molecular formula is C25H41NO3S. The van der Waals surface area contributed by atoms with Gasteiger partial charge in [-0.3, -0.25) is 4.79 Å². The van der Waals surface area contributed by atoms with Gasteiger partial charge in [0.05, 0.1) is 5.56 Å². The number of fused-ring (bicyclic) bond motifs is 1. The highest BCUT2D eigenvalue weighted by atomic mass is 32.2. The third kappa shape index (κ3) is 7.72. The van der Waals surface area contributed by atoms with Crippen LogP contribution in [0.4, 0.5) is 0 Å². The maximum Gasteiger partial charge on any atom is 0.269 e. The van der Waals surface area contributed by atoms with Crippen molar-refractivity contribution in [2.75, 3.05) is 6.54 Å². The van der Waals surface area contributed by atoms with Crippen LogP contribution in [0.3, 0.4) is 0 Å². The lowest BCUT2D eigenvalue weighted by Crippen LogP contribution is -2.30. The lowest BCUT2D eigenvalue weighted by atomic mass is 10.0. The van der Waals surface area contributed by atoms with Crippen LogP contribution in [0, 0.1) is 0 Å². The van der Waals surface area contributed by atoms with E-state index in [4.69, 9.17) is 0 Å². The summed E-state index contributed by atoms with van der Waals surface area (Å²) in [5.41, 5.74) is 0.314. The van der Waals surface area contributed by atoms with Crippen molar-refractivity contribution in [3.63, 3.8) is 0 Å². The first-order chi connectivity index (χ1) is 14.6. The van der Waals surface area contributed by atoms with Crippen molar-refractivity contribution in [3.8, 4) is 0 Å². The molecule has 1 aromatic carbocycles. The molecule has 0 saturated carbocycles. The van der Waals surface area contributed by atoms with Crippen LogP contribution >= 0.6 is 0 Å². The quantitative estimate of drug-likeness (QED) is 0.245. The number of hydrogen-bond acceptors (Lipinski definition) is 3. The van der Waals surface area contributed by atoms with Crippen LogP contribution in [0.25, 0.3) is 0 Å². The van der Waals surface area contributed by atoms with Gasteiger partial charge in [-0.15, -0.1) is 0 Å². The molecule has 0 aliphatic carbocycles. The van der Waals surface area contributed by atoms with Crippen molar-refractivity contribution in [2.24, 2.45) is 0 Å². The molecule has 0 aromatic heterocycles. The van der Waals surface area contributed by atoms with Crippen molar-refractivity contribution < 1.29 is 13.2 Å². The summed E-state index contributed by atoms with van der Waals surface area (Å²) in [4.78, 5) is 12.5. The molecule has 1 aliphatic rings. The third-order valence-corrected chi connectivity index (χ3v) is 7.97. The molecule has 0 radical (unpaired) electrons. The van der Waals surface area contributed by atoms with E-state index in [0.29, 0.717) is 12.1 Å². The molecule has 30 heavy (non-hydrogen) atoms. The van der Waals surface area contributed by atoms with E-state index >= 15 is 0 Å². The maximum atomic E-state index is 12.5. The van der Waals surface area contributed by atoms with Gasteiger partial charge in [0.25, 0.3) is 15.9 Å². The van der Waals surface area contributed by atoms with Crippen LogP contribution in [-0.2, 0) is 10.0 Å². The predicted octanol–water partition coefficient (Wildman–Crippen LogP) is 7.09. The van der Waals surface area contributed by atoms with E-state index in [9.17, 15) is 13.2 Å². The Hall–Kier alpha value is -1.36. The van der Waals surface area contributed by atoms with E-state index in [1.165, 1.54) is 89.5 Å². The van der Waals surface area contributed by atoms with Gasteiger partial charge in [-0.05, 0) is 18.6 Å². The zero-order valence-corrected chi connectivity index (χ0v) is 19.7. The van der Waals surface area contributed by atoms with Crippen molar-refractivity contribution >= 4 is 15.9 Å². The fourth-order valence-electron chi connectivity index (χ4n) is 4.26. The van der Waals surface area contributed by atoms with Gasteiger partial charge in [0, 0.05) is 6.54 Å². The van der Waals surface area contributed by atoms with Crippen molar-refractivity contribution in [1.82, 2.24) is 4.31 Å². The summed E-state index contributed by atoms with van der Waals surface area (Å²) in [6, 6.07) is 6.51. The number of hydrogen-bond donors (Lipinski definition) is 0. The molecule has 0 atom stereocenters. The Balaban J connectivity index is 1.43. The molecular weight excluding hydrogens is 394 g/mol. The SMILES string of the molecule is CCCCCCCCCCCCCCCCCCN1C(=O)c2ccccc2S1(=O)=O. The highest BCUT2D eigenvalue weighted by Gasteiger charge is 2.40. The van der Waals surface area contributed by atoms with E-state index in [1.54, 1.807) is 18.2 Å². The van der Waals surface area contributed by atoms with Crippen LogP contribution < -0.4 is 0 Å². The summed E-state index contributed by atoms with van der Waals surface area (Å²) in [6.07, 6.45) is 20.5. The Morgan fingerprint density at radius 2 is 1.10 bits per heavy atom. The molecule has 1 amide bonds. The Morgan fingerprint density at radius 3 is 1.57 bits per heavy atom. The Kier molecular flexibility index (Phi) is 11.5. The van der Waals surface area contributed by atoms with Crippen molar-refractivity contribution in [3.05, 3.63) is 29.8 Å². The fourth-order valence-corrected chi connectivity index (χ4v) is 5.86. The zero-order valence-electron chi connectivity index (χ0n) is 18.9. The first kappa shape index (κ1) is 24.9. The Bertz CT molecular complexity index is 730.